The third-order valence-corrected chi connectivity index (χ3v) is 7.16. The van der Waals surface area contributed by atoms with E-state index in [4.69, 9.17) is 0 Å². The number of carbonyl (C=O) groups excluding carboxylic acids is 1. The molecule has 1 aromatic heterocycles. The Balaban J connectivity index is 1.38. The van der Waals surface area contributed by atoms with Crippen LogP contribution in [-0.4, -0.2) is 36.9 Å². The quantitative estimate of drug-likeness (QED) is 0.322. The first-order chi connectivity index (χ1) is 15.8. The predicted molar refractivity (Wildman–Crippen MR) is 130 cm³/mol. The number of hydrogen-bond donors (Lipinski definition) is 2. The van der Waals surface area contributed by atoms with E-state index in [1.165, 1.54) is 11.4 Å². The summed E-state index contributed by atoms with van der Waals surface area (Å²) in [7, 11) is -2.06. The number of nitrogens with zero attached hydrogens (tertiary/aromatic N) is 2. The second-order valence-electron chi connectivity index (χ2n) is 7.76. The first kappa shape index (κ1) is 22.4. The molecule has 0 saturated carbocycles. The Morgan fingerprint density at radius 1 is 1.03 bits per heavy atom. The SMILES string of the molecule is Cc1ccc(S(=O)(=O)N(C)Cc2ccc(C(=O)N/N=C/c3c[nH]c4ccccc34)cc2)cc1. The minimum atomic E-state index is -3.60. The second kappa shape index (κ2) is 9.40. The van der Waals surface area contributed by atoms with Gasteiger partial charge in [-0.2, -0.15) is 9.41 Å². The Morgan fingerprint density at radius 3 is 2.45 bits per heavy atom. The number of sulfonamides is 1. The lowest BCUT2D eigenvalue weighted by Gasteiger charge is -2.17. The number of benzene rings is 3. The van der Waals surface area contributed by atoms with E-state index in [9.17, 15) is 13.2 Å². The van der Waals surface area contributed by atoms with Gasteiger partial charge in [-0.05, 0) is 42.8 Å². The molecule has 3 aromatic carbocycles. The normalized spacial score (nSPS) is 12.0. The van der Waals surface area contributed by atoms with Crippen molar-refractivity contribution in [3.8, 4) is 0 Å². The van der Waals surface area contributed by atoms with Gasteiger partial charge in [0.25, 0.3) is 5.91 Å². The van der Waals surface area contributed by atoms with E-state index in [2.05, 4.69) is 15.5 Å². The molecule has 0 spiro atoms. The number of aromatic amines is 1. The van der Waals surface area contributed by atoms with E-state index in [-0.39, 0.29) is 17.3 Å². The molecule has 0 fully saturated rings. The highest BCUT2D eigenvalue weighted by Crippen LogP contribution is 2.18. The third kappa shape index (κ3) is 5.02. The van der Waals surface area contributed by atoms with Crippen molar-refractivity contribution in [3.63, 3.8) is 0 Å². The van der Waals surface area contributed by atoms with E-state index in [1.807, 2.05) is 37.4 Å². The van der Waals surface area contributed by atoms with Gasteiger partial charge in [0.1, 0.15) is 0 Å². The number of fused-ring (bicyclic) bond motifs is 1. The summed E-state index contributed by atoms with van der Waals surface area (Å²) in [4.78, 5) is 15.8. The summed E-state index contributed by atoms with van der Waals surface area (Å²) >= 11 is 0. The summed E-state index contributed by atoms with van der Waals surface area (Å²) in [5.41, 5.74) is 6.59. The summed E-state index contributed by atoms with van der Waals surface area (Å²) in [6.45, 7) is 2.10. The van der Waals surface area contributed by atoms with E-state index in [1.54, 1.807) is 54.7 Å². The maximum Gasteiger partial charge on any atom is 0.271 e. The van der Waals surface area contributed by atoms with Crippen molar-refractivity contribution in [2.75, 3.05) is 7.05 Å². The van der Waals surface area contributed by atoms with Gasteiger partial charge in [-0.3, -0.25) is 4.79 Å². The molecule has 0 atom stereocenters. The molecule has 4 aromatic rings. The number of hydrazone groups is 1. The van der Waals surface area contributed by atoms with Crippen LogP contribution < -0.4 is 5.43 Å². The first-order valence-electron chi connectivity index (χ1n) is 10.4. The lowest BCUT2D eigenvalue weighted by atomic mass is 10.1. The first-order valence-corrected chi connectivity index (χ1v) is 11.8. The van der Waals surface area contributed by atoms with Crippen molar-refractivity contribution >= 4 is 33.0 Å². The fourth-order valence-electron chi connectivity index (χ4n) is 3.42. The van der Waals surface area contributed by atoms with Crippen molar-refractivity contribution in [1.82, 2.24) is 14.7 Å². The summed E-state index contributed by atoms with van der Waals surface area (Å²) < 4.78 is 26.8. The average Bonchev–Trinajstić information content (AvgIpc) is 3.23. The molecule has 1 heterocycles. The van der Waals surface area contributed by atoms with Crippen LogP contribution in [0, 0.1) is 6.92 Å². The molecule has 168 valence electrons. The van der Waals surface area contributed by atoms with Crippen molar-refractivity contribution in [2.45, 2.75) is 18.4 Å². The van der Waals surface area contributed by atoms with Crippen LogP contribution in [0.4, 0.5) is 0 Å². The zero-order valence-electron chi connectivity index (χ0n) is 18.3. The number of carbonyl (C=O) groups is 1. The molecule has 0 saturated heterocycles. The van der Waals surface area contributed by atoms with Crippen molar-refractivity contribution in [3.05, 3.63) is 101 Å². The maximum absolute atomic E-state index is 12.8. The fourth-order valence-corrected chi connectivity index (χ4v) is 4.58. The monoisotopic (exact) mass is 460 g/mol. The molecule has 0 unspecified atom stereocenters. The van der Waals surface area contributed by atoms with Gasteiger partial charge in [-0.1, -0.05) is 48.0 Å². The summed E-state index contributed by atoms with van der Waals surface area (Å²) in [5, 5.41) is 5.07. The Labute approximate surface area is 192 Å². The van der Waals surface area contributed by atoms with Crippen molar-refractivity contribution < 1.29 is 13.2 Å². The van der Waals surface area contributed by atoms with Crippen molar-refractivity contribution in [2.24, 2.45) is 5.10 Å². The van der Waals surface area contributed by atoms with Crippen LogP contribution in [0.1, 0.15) is 27.0 Å². The van der Waals surface area contributed by atoms with Gasteiger partial charge in [0.05, 0.1) is 11.1 Å². The molecule has 0 aliphatic heterocycles. The number of H-pyrrole nitrogens is 1. The van der Waals surface area contributed by atoms with Gasteiger partial charge in [0.15, 0.2) is 0 Å². The van der Waals surface area contributed by atoms with Gasteiger partial charge in [-0.15, -0.1) is 0 Å². The van der Waals surface area contributed by atoms with Crippen LogP contribution in [0.3, 0.4) is 0 Å². The highest BCUT2D eigenvalue weighted by atomic mass is 32.2. The number of aromatic nitrogens is 1. The Bertz CT molecular complexity index is 1410. The van der Waals surface area contributed by atoms with Crippen LogP contribution >= 0.6 is 0 Å². The summed E-state index contributed by atoms with van der Waals surface area (Å²) in [6.07, 6.45) is 3.42. The Morgan fingerprint density at radius 2 is 1.73 bits per heavy atom. The van der Waals surface area contributed by atoms with Gasteiger partial charge in [-0.25, -0.2) is 13.8 Å². The molecular weight excluding hydrogens is 436 g/mol. The second-order valence-corrected chi connectivity index (χ2v) is 9.80. The summed E-state index contributed by atoms with van der Waals surface area (Å²) in [6, 6.07) is 21.4. The van der Waals surface area contributed by atoms with E-state index in [0.717, 1.165) is 27.6 Å². The van der Waals surface area contributed by atoms with Crippen LogP contribution in [-0.2, 0) is 16.6 Å². The van der Waals surface area contributed by atoms with Gasteiger partial charge < -0.3 is 4.98 Å². The number of para-hydroxylation sites is 1. The smallest absolute Gasteiger partial charge is 0.271 e. The van der Waals surface area contributed by atoms with Crippen LogP contribution in [0.15, 0.2) is 89.0 Å². The molecule has 1 amide bonds. The molecule has 33 heavy (non-hydrogen) atoms. The Kier molecular flexibility index (Phi) is 6.39. The molecule has 0 bridgehead atoms. The standard InChI is InChI=1S/C25H24N4O3S/c1-18-7-13-22(14-8-18)33(31,32)29(2)17-19-9-11-20(12-10-19)25(30)28-27-16-21-15-26-24-6-4-3-5-23(21)24/h3-16,26H,17H2,1-2H3,(H,28,30)/b27-16+. The lowest BCUT2D eigenvalue weighted by Crippen LogP contribution is -2.26. The minimum absolute atomic E-state index is 0.191. The highest BCUT2D eigenvalue weighted by Gasteiger charge is 2.20. The van der Waals surface area contributed by atoms with Crippen LogP contribution in [0.25, 0.3) is 10.9 Å². The lowest BCUT2D eigenvalue weighted by molar-refractivity contribution is 0.0955. The van der Waals surface area contributed by atoms with Gasteiger partial charge in [0, 0.05) is 41.8 Å². The zero-order chi connectivity index (χ0) is 23.4. The minimum Gasteiger partial charge on any atom is -0.361 e. The maximum atomic E-state index is 12.8. The van der Waals surface area contributed by atoms with E-state index >= 15 is 0 Å². The zero-order valence-corrected chi connectivity index (χ0v) is 19.1. The fraction of sp³-hybridized carbons (Fsp3) is 0.120. The highest BCUT2D eigenvalue weighted by molar-refractivity contribution is 7.89. The third-order valence-electron chi connectivity index (χ3n) is 5.34. The van der Waals surface area contributed by atoms with Crippen LogP contribution in [0.5, 0.6) is 0 Å². The topological polar surface area (TPSA) is 94.6 Å². The van der Waals surface area contributed by atoms with Crippen LogP contribution in [0.2, 0.25) is 0 Å². The van der Waals surface area contributed by atoms with E-state index in [0.29, 0.717) is 5.56 Å². The molecular formula is C25H24N4O3S. The molecule has 2 N–H and O–H groups in total. The number of nitrogens with one attached hydrogen (secondary N) is 2. The molecule has 4 rings (SSSR count). The number of rotatable bonds is 7. The molecule has 7 nitrogen and oxygen atoms in total. The molecule has 0 radical (unpaired) electrons. The number of hydrogen-bond acceptors (Lipinski definition) is 4. The Hall–Kier alpha value is -3.75. The van der Waals surface area contributed by atoms with Crippen molar-refractivity contribution in [1.29, 1.82) is 0 Å². The number of aryl methyl sites for hydroxylation is 1. The van der Waals surface area contributed by atoms with Gasteiger partial charge >= 0.3 is 0 Å². The number of amides is 1. The van der Waals surface area contributed by atoms with Gasteiger partial charge in [0.2, 0.25) is 10.0 Å². The predicted octanol–water partition coefficient (Wildman–Crippen LogP) is 4.06. The molecule has 0 aliphatic carbocycles. The molecule has 0 aliphatic rings. The molecule has 8 heteroatoms. The average molecular weight is 461 g/mol. The largest absolute Gasteiger partial charge is 0.361 e. The van der Waals surface area contributed by atoms with E-state index < -0.39 is 10.0 Å². The summed E-state index contributed by atoms with van der Waals surface area (Å²) in [5.74, 6) is -0.349.